The third-order valence-corrected chi connectivity index (χ3v) is 2.99. The van der Waals surface area contributed by atoms with Gasteiger partial charge in [0.1, 0.15) is 0 Å². The quantitative estimate of drug-likeness (QED) is 0.580. The van der Waals surface area contributed by atoms with E-state index in [1.165, 1.54) is 32.4 Å². The molecular formula is C9H18N2. The van der Waals surface area contributed by atoms with Crippen molar-refractivity contribution in [1.29, 1.82) is 0 Å². The van der Waals surface area contributed by atoms with Crippen molar-refractivity contribution < 1.29 is 0 Å². The first-order valence-corrected chi connectivity index (χ1v) is 4.68. The zero-order chi connectivity index (χ0) is 7.84. The lowest BCUT2D eigenvalue weighted by Crippen LogP contribution is -2.32. The minimum atomic E-state index is 0.829. The summed E-state index contributed by atoms with van der Waals surface area (Å²) in [7, 11) is 4.39. The lowest BCUT2D eigenvalue weighted by molar-refractivity contribution is 0.263. The second-order valence-corrected chi connectivity index (χ2v) is 4.13. The van der Waals surface area contributed by atoms with Crippen LogP contribution in [0.25, 0.3) is 0 Å². The van der Waals surface area contributed by atoms with Crippen LogP contribution in [0.1, 0.15) is 19.3 Å². The van der Waals surface area contributed by atoms with E-state index in [2.05, 4.69) is 23.9 Å². The van der Waals surface area contributed by atoms with Crippen molar-refractivity contribution in [3.8, 4) is 0 Å². The standard InChI is InChI=1S/C9H18N2/c1-10(2)9-5-6-11(7-9)8-3-4-8/h8-9H,3-7H2,1-2H3/t9-/m1/s1. The molecule has 1 saturated heterocycles. The Morgan fingerprint density at radius 1 is 1.18 bits per heavy atom. The van der Waals surface area contributed by atoms with Gasteiger partial charge in [-0.05, 0) is 33.4 Å². The maximum atomic E-state index is 2.66. The highest BCUT2D eigenvalue weighted by molar-refractivity contribution is 4.91. The van der Waals surface area contributed by atoms with E-state index < -0.39 is 0 Å². The summed E-state index contributed by atoms with van der Waals surface area (Å²) in [5.74, 6) is 0. The fraction of sp³-hybridized carbons (Fsp3) is 1.00. The lowest BCUT2D eigenvalue weighted by atomic mass is 10.2. The Labute approximate surface area is 69.2 Å². The van der Waals surface area contributed by atoms with Crippen molar-refractivity contribution in [1.82, 2.24) is 9.80 Å². The first-order valence-electron chi connectivity index (χ1n) is 4.68. The second kappa shape index (κ2) is 2.76. The zero-order valence-electron chi connectivity index (χ0n) is 7.58. The molecular weight excluding hydrogens is 136 g/mol. The van der Waals surface area contributed by atoms with Gasteiger partial charge in [-0.1, -0.05) is 0 Å². The third-order valence-electron chi connectivity index (χ3n) is 2.99. The van der Waals surface area contributed by atoms with Crippen LogP contribution in [0.15, 0.2) is 0 Å². The van der Waals surface area contributed by atoms with Crippen molar-refractivity contribution in [2.24, 2.45) is 0 Å². The minimum absolute atomic E-state index is 0.829. The van der Waals surface area contributed by atoms with Gasteiger partial charge in [-0.3, -0.25) is 4.90 Å². The molecule has 1 saturated carbocycles. The maximum absolute atomic E-state index is 2.66. The molecule has 0 N–H and O–H groups in total. The Bertz CT molecular complexity index is 132. The van der Waals surface area contributed by atoms with Gasteiger partial charge in [0.2, 0.25) is 0 Å². The maximum Gasteiger partial charge on any atom is 0.0229 e. The largest absolute Gasteiger partial charge is 0.305 e. The topological polar surface area (TPSA) is 6.48 Å². The number of likely N-dealkylation sites (N-methyl/N-ethyl adjacent to an activating group) is 1. The van der Waals surface area contributed by atoms with Crippen molar-refractivity contribution in [2.45, 2.75) is 31.3 Å². The molecule has 1 heterocycles. The van der Waals surface area contributed by atoms with Crippen LogP contribution in [0.2, 0.25) is 0 Å². The SMILES string of the molecule is CN(C)[C@@H]1CCN(C2CC2)C1. The van der Waals surface area contributed by atoms with Crippen LogP contribution in [0, 0.1) is 0 Å². The van der Waals surface area contributed by atoms with Crippen LogP contribution in [-0.2, 0) is 0 Å². The molecule has 0 aromatic heterocycles. The van der Waals surface area contributed by atoms with E-state index in [0.717, 1.165) is 12.1 Å². The molecule has 0 spiro atoms. The molecule has 2 nitrogen and oxygen atoms in total. The van der Waals surface area contributed by atoms with E-state index in [-0.39, 0.29) is 0 Å². The average Bonchev–Trinajstić information content (AvgIpc) is 2.68. The molecule has 0 unspecified atom stereocenters. The van der Waals surface area contributed by atoms with Crippen LogP contribution in [-0.4, -0.2) is 49.1 Å². The third kappa shape index (κ3) is 1.57. The molecule has 0 aromatic rings. The van der Waals surface area contributed by atoms with E-state index in [4.69, 9.17) is 0 Å². The van der Waals surface area contributed by atoms with E-state index >= 15 is 0 Å². The average molecular weight is 154 g/mol. The minimum Gasteiger partial charge on any atom is -0.305 e. The number of rotatable bonds is 2. The predicted molar refractivity (Wildman–Crippen MR) is 46.7 cm³/mol. The number of hydrogen-bond acceptors (Lipinski definition) is 2. The Kier molecular flexibility index (Phi) is 1.90. The highest BCUT2D eigenvalue weighted by Gasteiger charge is 2.34. The summed E-state index contributed by atoms with van der Waals surface area (Å²) >= 11 is 0. The van der Waals surface area contributed by atoms with Gasteiger partial charge in [-0.2, -0.15) is 0 Å². The molecule has 1 atom stereocenters. The van der Waals surface area contributed by atoms with Crippen LogP contribution < -0.4 is 0 Å². The molecule has 2 aliphatic rings. The summed E-state index contributed by atoms with van der Waals surface area (Å²) in [5, 5.41) is 0. The summed E-state index contributed by atoms with van der Waals surface area (Å²) in [4.78, 5) is 5.02. The van der Waals surface area contributed by atoms with E-state index in [0.29, 0.717) is 0 Å². The fourth-order valence-electron chi connectivity index (χ4n) is 1.96. The smallest absolute Gasteiger partial charge is 0.0229 e. The molecule has 2 heteroatoms. The van der Waals surface area contributed by atoms with Crippen molar-refractivity contribution in [3.63, 3.8) is 0 Å². The first-order chi connectivity index (χ1) is 5.27. The zero-order valence-corrected chi connectivity index (χ0v) is 7.58. The Morgan fingerprint density at radius 3 is 2.36 bits per heavy atom. The molecule has 0 aromatic carbocycles. The Morgan fingerprint density at radius 2 is 1.91 bits per heavy atom. The van der Waals surface area contributed by atoms with Gasteiger partial charge in [0.25, 0.3) is 0 Å². The molecule has 2 rings (SSSR count). The van der Waals surface area contributed by atoms with Gasteiger partial charge < -0.3 is 4.90 Å². The highest BCUT2D eigenvalue weighted by Crippen LogP contribution is 2.30. The van der Waals surface area contributed by atoms with Gasteiger partial charge in [-0.15, -0.1) is 0 Å². The fourth-order valence-corrected chi connectivity index (χ4v) is 1.96. The molecule has 1 aliphatic carbocycles. The van der Waals surface area contributed by atoms with Crippen LogP contribution in [0.3, 0.4) is 0 Å². The second-order valence-electron chi connectivity index (χ2n) is 4.13. The normalized spacial score (nSPS) is 33.5. The molecule has 0 radical (unpaired) electrons. The molecule has 0 amide bonds. The molecule has 0 bridgehead atoms. The van der Waals surface area contributed by atoms with Crippen LogP contribution in [0.4, 0.5) is 0 Å². The molecule has 2 fully saturated rings. The summed E-state index contributed by atoms with van der Waals surface area (Å²) in [6, 6.07) is 1.80. The number of likely N-dealkylation sites (tertiary alicyclic amines) is 1. The molecule has 1 aliphatic heterocycles. The van der Waals surface area contributed by atoms with Crippen molar-refractivity contribution >= 4 is 0 Å². The van der Waals surface area contributed by atoms with Gasteiger partial charge in [0, 0.05) is 25.2 Å². The van der Waals surface area contributed by atoms with Crippen LogP contribution >= 0.6 is 0 Å². The molecule has 64 valence electrons. The summed E-state index contributed by atoms with van der Waals surface area (Å²) in [6.07, 6.45) is 4.30. The Hall–Kier alpha value is -0.0800. The van der Waals surface area contributed by atoms with E-state index in [9.17, 15) is 0 Å². The van der Waals surface area contributed by atoms with Gasteiger partial charge in [0.15, 0.2) is 0 Å². The Balaban J connectivity index is 1.82. The number of nitrogens with zero attached hydrogens (tertiary/aromatic N) is 2. The summed E-state index contributed by atoms with van der Waals surface area (Å²) < 4.78 is 0. The highest BCUT2D eigenvalue weighted by atomic mass is 15.3. The summed E-state index contributed by atoms with van der Waals surface area (Å²) in [6.45, 7) is 2.66. The van der Waals surface area contributed by atoms with Crippen molar-refractivity contribution in [2.75, 3.05) is 27.2 Å². The monoisotopic (exact) mass is 154 g/mol. The van der Waals surface area contributed by atoms with Gasteiger partial charge in [-0.25, -0.2) is 0 Å². The molecule has 11 heavy (non-hydrogen) atoms. The lowest BCUT2D eigenvalue weighted by Gasteiger charge is -2.19. The summed E-state index contributed by atoms with van der Waals surface area (Å²) in [5.41, 5.74) is 0. The van der Waals surface area contributed by atoms with Crippen molar-refractivity contribution in [3.05, 3.63) is 0 Å². The van der Waals surface area contributed by atoms with E-state index in [1.54, 1.807) is 0 Å². The number of hydrogen-bond donors (Lipinski definition) is 0. The van der Waals surface area contributed by atoms with Gasteiger partial charge >= 0.3 is 0 Å². The van der Waals surface area contributed by atoms with Gasteiger partial charge in [0.05, 0.1) is 0 Å². The first kappa shape index (κ1) is 7.56. The van der Waals surface area contributed by atoms with E-state index in [1.807, 2.05) is 0 Å². The predicted octanol–water partition coefficient (Wildman–Crippen LogP) is 0.785. The van der Waals surface area contributed by atoms with Crippen LogP contribution in [0.5, 0.6) is 0 Å².